The molecule has 0 aromatic carbocycles. The molecule has 0 amide bonds. The van der Waals surface area contributed by atoms with E-state index in [1.54, 1.807) is 0 Å². The molecule has 96 valence electrons. The zero-order valence-electron chi connectivity index (χ0n) is 9.20. The minimum Gasteiger partial charge on any atom is -0.394 e. The van der Waals surface area contributed by atoms with E-state index in [9.17, 15) is 20.1 Å². The summed E-state index contributed by atoms with van der Waals surface area (Å²) < 4.78 is 4.92. The van der Waals surface area contributed by atoms with Crippen molar-refractivity contribution in [1.82, 2.24) is 5.32 Å². The summed E-state index contributed by atoms with van der Waals surface area (Å²) in [5.74, 6) is -3.19. The second-order valence-electron chi connectivity index (χ2n) is 3.84. The molecule has 1 rings (SSSR count). The molecule has 0 aliphatic carbocycles. The van der Waals surface area contributed by atoms with Crippen molar-refractivity contribution in [2.24, 2.45) is 0 Å². The summed E-state index contributed by atoms with van der Waals surface area (Å²) in [5.41, 5.74) is 0. The molecule has 1 unspecified atom stereocenters. The highest BCUT2D eigenvalue weighted by atomic mass is 16.7. The predicted octanol–water partition coefficient (Wildman–Crippen LogP) is -3.07. The molecule has 5 atom stereocenters. The Bertz CT molecular complexity index is 340. The second-order valence-corrected chi connectivity index (χ2v) is 3.84. The van der Waals surface area contributed by atoms with Gasteiger partial charge in [0, 0.05) is 13.0 Å². The van der Waals surface area contributed by atoms with Gasteiger partial charge in [-0.05, 0) is 0 Å². The smallest absolute Gasteiger partial charge is 0.250 e. The van der Waals surface area contributed by atoms with Gasteiger partial charge in [-0.1, -0.05) is 6.42 Å². The molecule has 17 heavy (non-hydrogen) atoms. The van der Waals surface area contributed by atoms with E-state index in [4.69, 9.17) is 16.3 Å². The topological polar surface area (TPSA) is 119 Å². The quantitative estimate of drug-likeness (QED) is 0.264. The van der Waals surface area contributed by atoms with E-state index in [1.165, 1.54) is 0 Å². The molecule has 5 N–H and O–H groups in total. The molecule has 1 fully saturated rings. The molecular formula is C10H15NO6. The first-order valence-corrected chi connectivity index (χ1v) is 4.97. The van der Waals surface area contributed by atoms with E-state index >= 15 is 0 Å². The second kappa shape index (κ2) is 5.00. The lowest BCUT2D eigenvalue weighted by atomic mass is 9.88. The number of hydrogen-bond acceptors (Lipinski definition) is 7. The molecule has 0 aromatic rings. The third-order valence-corrected chi connectivity index (χ3v) is 2.75. The average molecular weight is 245 g/mol. The van der Waals surface area contributed by atoms with Gasteiger partial charge >= 0.3 is 0 Å². The van der Waals surface area contributed by atoms with Crippen LogP contribution in [0.1, 0.15) is 6.92 Å². The van der Waals surface area contributed by atoms with Crippen molar-refractivity contribution in [3.8, 4) is 12.5 Å². The molecule has 0 spiro atoms. The minimum absolute atomic E-state index is 0.656. The number of ether oxygens (including phenoxy) is 1. The molecule has 0 saturated carbocycles. The maximum atomic E-state index is 11.4. The van der Waals surface area contributed by atoms with Crippen LogP contribution < -0.4 is 5.32 Å². The van der Waals surface area contributed by atoms with E-state index in [2.05, 4.69) is 5.32 Å². The lowest BCUT2D eigenvalue weighted by Gasteiger charge is -2.45. The number of aliphatic hydroxyl groups is 4. The Labute approximate surface area is 98.0 Å². The summed E-state index contributed by atoms with van der Waals surface area (Å²) >= 11 is 0. The molecule has 0 aromatic heterocycles. The van der Waals surface area contributed by atoms with Gasteiger partial charge in [-0.25, -0.2) is 0 Å². The number of hydrogen-bond donors (Lipinski definition) is 5. The van der Waals surface area contributed by atoms with E-state index in [0.29, 0.717) is 0 Å². The normalized spacial score (nSPS) is 41.6. The monoisotopic (exact) mass is 245 g/mol. The van der Waals surface area contributed by atoms with Gasteiger partial charge in [0.2, 0.25) is 0 Å². The fourth-order valence-electron chi connectivity index (χ4n) is 1.74. The molecule has 1 saturated heterocycles. The van der Waals surface area contributed by atoms with E-state index in [0.717, 1.165) is 6.92 Å². The van der Waals surface area contributed by atoms with E-state index < -0.39 is 42.5 Å². The Kier molecular flexibility index (Phi) is 4.08. The Morgan fingerprint density at radius 2 is 2.12 bits per heavy atom. The molecule has 1 aliphatic rings. The Morgan fingerprint density at radius 3 is 2.53 bits per heavy atom. The van der Waals surface area contributed by atoms with Crippen LogP contribution in [0.25, 0.3) is 0 Å². The van der Waals surface area contributed by atoms with Gasteiger partial charge in [-0.2, -0.15) is 0 Å². The molecule has 0 radical (unpaired) electrons. The van der Waals surface area contributed by atoms with E-state index in [-0.39, 0.29) is 0 Å². The van der Waals surface area contributed by atoms with Crippen LogP contribution in [0.5, 0.6) is 0 Å². The molecule has 1 heterocycles. The Morgan fingerprint density at radius 1 is 1.53 bits per heavy atom. The standard InChI is InChI=1S/C10H15NO6/c1-3-11-9-8(15)7(14)6(4-12)17-10(9,16)5(2)13/h1,6-9,11-12,14-16H,4H2,2H3/t6-,7+,8+,9-,10?/m1/s1. The molecule has 7 heteroatoms. The van der Waals surface area contributed by atoms with Crippen LogP contribution in [0.4, 0.5) is 0 Å². The summed E-state index contributed by atoms with van der Waals surface area (Å²) in [4.78, 5) is 11.4. The largest absolute Gasteiger partial charge is 0.394 e. The average Bonchev–Trinajstić information content (AvgIpc) is 2.29. The molecule has 0 bridgehead atoms. The first-order valence-electron chi connectivity index (χ1n) is 4.97. The van der Waals surface area contributed by atoms with Gasteiger partial charge in [0.15, 0.2) is 5.78 Å². The van der Waals surface area contributed by atoms with Gasteiger partial charge in [-0.15, -0.1) is 0 Å². The highest BCUT2D eigenvalue weighted by Crippen LogP contribution is 2.28. The van der Waals surface area contributed by atoms with Crippen molar-refractivity contribution in [2.45, 2.75) is 37.1 Å². The first-order chi connectivity index (χ1) is 7.88. The number of terminal acetylenes is 1. The number of aliphatic hydroxyl groups excluding tert-OH is 3. The van der Waals surface area contributed by atoms with Crippen LogP contribution in [-0.4, -0.2) is 63.0 Å². The lowest BCUT2D eigenvalue weighted by molar-refractivity contribution is -0.300. The predicted molar refractivity (Wildman–Crippen MR) is 55.4 cm³/mol. The highest BCUT2D eigenvalue weighted by molar-refractivity contribution is 5.84. The fraction of sp³-hybridized carbons (Fsp3) is 0.700. The molecular weight excluding hydrogens is 230 g/mol. The Hall–Kier alpha value is -1.17. The zero-order valence-corrected chi connectivity index (χ0v) is 9.20. The lowest BCUT2D eigenvalue weighted by Crippen LogP contribution is -2.71. The number of Topliss-reactive ketones (excluding diaryl/α,β-unsaturated/α-hetero) is 1. The third-order valence-electron chi connectivity index (χ3n) is 2.75. The summed E-state index contributed by atoms with van der Waals surface area (Å²) in [6, 6.07) is 0.583. The van der Waals surface area contributed by atoms with Crippen LogP contribution in [0, 0.1) is 12.5 Å². The third kappa shape index (κ3) is 2.26. The minimum atomic E-state index is -2.39. The SMILES string of the molecule is C#CN[C@@H]1[C@@H](O)[C@@H](O)[C@@H](CO)OC1(O)C(C)=O. The van der Waals surface area contributed by atoms with Gasteiger partial charge < -0.3 is 30.5 Å². The van der Waals surface area contributed by atoms with Crippen LogP contribution >= 0.6 is 0 Å². The first kappa shape index (κ1) is 13.9. The maximum Gasteiger partial charge on any atom is 0.250 e. The summed E-state index contributed by atoms with van der Waals surface area (Å²) in [6.07, 6.45) is 0.688. The summed E-state index contributed by atoms with van der Waals surface area (Å²) in [6.45, 7) is 0.390. The van der Waals surface area contributed by atoms with Crippen molar-refractivity contribution in [3.05, 3.63) is 0 Å². The fourth-order valence-corrected chi connectivity index (χ4v) is 1.74. The zero-order chi connectivity index (χ0) is 13.2. The van der Waals surface area contributed by atoms with Crippen molar-refractivity contribution < 1.29 is 30.0 Å². The number of nitrogens with one attached hydrogen (secondary N) is 1. The Balaban J connectivity index is 3.08. The van der Waals surface area contributed by atoms with Crippen LogP contribution in [0.3, 0.4) is 0 Å². The summed E-state index contributed by atoms with van der Waals surface area (Å²) in [7, 11) is 0. The maximum absolute atomic E-state index is 11.4. The molecule has 7 nitrogen and oxygen atoms in total. The van der Waals surface area contributed by atoms with Gasteiger partial charge in [-0.3, -0.25) is 4.79 Å². The highest BCUT2D eigenvalue weighted by Gasteiger charge is 2.56. The van der Waals surface area contributed by atoms with Gasteiger partial charge in [0.05, 0.1) is 6.61 Å². The van der Waals surface area contributed by atoms with Crippen LogP contribution in [0.15, 0.2) is 0 Å². The number of carbonyl (C=O) groups is 1. The van der Waals surface area contributed by atoms with Crippen molar-refractivity contribution in [2.75, 3.05) is 6.61 Å². The van der Waals surface area contributed by atoms with Crippen molar-refractivity contribution >= 4 is 5.78 Å². The van der Waals surface area contributed by atoms with Gasteiger partial charge in [0.25, 0.3) is 5.79 Å². The van der Waals surface area contributed by atoms with Crippen molar-refractivity contribution in [1.29, 1.82) is 0 Å². The number of rotatable bonds is 3. The molecule has 1 aliphatic heterocycles. The van der Waals surface area contributed by atoms with Gasteiger partial charge in [0.1, 0.15) is 24.4 Å². The van der Waals surface area contributed by atoms with Crippen molar-refractivity contribution in [3.63, 3.8) is 0 Å². The van der Waals surface area contributed by atoms with Crippen LogP contribution in [0.2, 0.25) is 0 Å². The summed E-state index contributed by atoms with van der Waals surface area (Å²) in [5, 5.41) is 40.5. The van der Waals surface area contributed by atoms with Crippen LogP contribution in [-0.2, 0) is 9.53 Å². The van der Waals surface area contributed by atoms with E-state index in [1.807, 2.05) is 6.04 Å². The number of carbonyl (C=O) groups excluding carboxylic acids is 1. The number of ketones is 1.